The molecule has 1 amide bonds. The zero-order valence-corrected chi connectivity index (χ0v) is 12.3. The molecule has 0 aromatic heterocycles. The van der Waals surface area contributed by atoms with Gasteiger partial charge in [0.25, 0.3) is 0 Å². The van der Waals surface area contributed by atoms with Gasteiger partial charge in [0.2, 0.25) is 5.91 Å². The van der Waals surface area contributed by atoms with Crippen LogP contribution in [0, 0.1) is 5.92 Å². The largest absolute Gasteiger partial charge is 0.480 e. The van der Waals surface area contributed by atoms with Crippen molar-refractivity contribution in [2.45, 2.75) is 50.9 Å². The molecule has 0 saturated carbocycles. The quantitative estimate of drug-likeness (QED) is 0.394. The number of rotatable bonds is 7. The second-order valence-electron chi connectivity index (χ2n) is 5.39. The van der Waals surface area contributed by atoms with Crippen LogP contribution >= 0.6 is 0 Å². The maximum atomic E-state index is 11.3. The van der Waals surface area contributed by atoms with Gasteiger partial charge >= 0.3 is 5.97 Å². The van der Waals surface area contributed by atoms with Crippen LogP contribution in [-0.4, -0.2) is 58.0 Å². The molecule has 1 aliphatic rings. The molecule has 0 unspecified atom stereocenters. The van der Waals surface area contributed by atoms with Gasteiger partial charge in [0.15, 0.2) is 0 Å². The maximum absolute atomic E-state index is 11.3. The van der Waals surface area contributed by atoms with E-state index in [4.69, 9.17) is 10.2 Å². The summed E-state index contributed by atoms with van der Waals surface area (Å²) >= 11 is 0. The summed E-state index contributed by atoms with van der Waals surface area (Å²) in [5.74, 6) is -1.25. The molecule has 0 spiro atoms. The van der Waals surface area contributed by atoms with E-state index in [0.717, 1.165) is 0 Å². The fourth-order valence-corrected chi connectivity index (χ4v) is 2.80. The fraction of sp³-hybridized carbons (Fsp3) is 0.714. The Bertz CT molecular complexity index is 399. The van der Waals surface area contributed by atoms with Gasteiger partial charge in [-0.1, -0.05) is 12.2 Å². The fourth-order valence-electron chi connectivity index (χ4n) is 2.80. The van der Waals surface area contributed by atoms with Crippen molar-refractivity contribution in [3.63, 3.8) is 0 Å². The van der Waals surface area contributed by atoms with Crippen LogP contribution in [0.25, 0.3) is 0 Å². The molecule has 0 bridgehead atoms. The summed E-state index contributed by atoms with van der Waals surface area (Å²) in [6.07, 6.45) is 3.38. The van der Waals surface area contributed by atoms with E-state index in [0.29, 0.717) is 6.42 Å². The number of allylic oxidation sites excluding steroid dienone is 1. The van der Waals surface area contributed by atoms with E-state index in [1.54, 1.807) is 0 Å². The molecular weight excluding hydrogens is 276 g/mol. The average molecular weight is 300 g/mol. The first kappa shape index (κ1) is 17.6. The number of hydrogen-bond acceptors (Lipinski definition) is 5. The number of aliphatic hydroxyl groups excluding tert-OH is 2. The Morgan fingerprint density at radius 3 is 2.62 bits per heavy atom. The molecule has 0 aliphatic carbocycles. The van der Waals surface area contributed by atoms with Gasteiger partial charge in [-0.2, -0.15) is 0 Å². The highest BCUT2D eigenvalue weighted by molar-refractivity contribution is 5.75. The van der Waals surface area contributed by atoms with E-state index >= 15 is 0 Å². The van der Waals surface area contributed by atoms with Gasteiger partial charge in [-0.3, -0.25) is 14.9 Å². The lowest BCUT2D eigenvalue weighted by Crippen LogP contribution is -2.52. The molecule has 1 aliphatic heterocycles. The second-order valence-corrected chi connectivity index (χ2v) is 5.39. The highest BCUT2D eigenvalue weighted by atomic mass is 16.4. The number of aliphatic carboxylic acids is 1. The SMILES string of the molecule is C/C=C\[C@@H]1C[C@H](C(=O)O)N[C@H]1[C@H](C[C@H](O)CO)NC(C)=O. The van der Waals surface area contributed by atoms with E-state index < -0.39 is 30.8 Å². The number of hydrogen-bond donors (Lipinski definition) is 5. The monoisotopic (exact) mass is 300 g/mol. The van der Waals surface area contributed by atoms with Gasteiger partial charge in [0, 0.05) is 19.0 Å². The highest BCUT2D eigenvalue weighted by Crippen LogP contribution is 2.26. The van der Waals surface area contributed by atoms with Crippen LogP contribution in [-0.2, 0) is 9.59 Å². The topological polar surface area (TPSA) is 119 Å². The van der Waals surface area contributed by atoms with E-state index in [-0.39, 0.29) is 24.3 Å². The van der Waals surface area contributed by atoms with Crippen LogP contribution in [0.3, 0.4) is 0 Å². The lowest BCUT2D eigenvalue weighted by atomic mass is 9.90. The lowest BCUT2D eigenvalue weighted by molar-refractivity contribution is -0.139. The summed E-state index contributed by atoms with van der Waals surface area (Å²) < 4.78 is 0. The summed E-state index contributed by atoms with van der Waals surface area (Å²) in [6, 6.07) is -1.43. The average Bonchev–Trinajstić information content (AvgIpc) is 2.82. The molecule has 7 nitrogen and oxygen atoms in total. The zero-order valence-electron chi connectivity index (χ0n) is 12.3. The second kappa shape index (κ2) is 8.11. The molecule has 5 N–H and O–H groups in total. The predicted molar refractivity (Wildman–Crippen MR) is 76.6 cm³/mol. The minimum absolute atomic E-state index is 0.0566. The van der Waals surface area contributed by atoms with Crippen molar-refractivity contribution in [2.24, 2.45) is 5.92 Å². The minimum Gasteiger partial charge on any atom is -0.480 e. The number of nitrogens with one attached hydrogen (secondary N) is 2. The number of carboxylic acids is 1. The van der Waals surface area contributed by atoms with Gasteiger partial charge < -0.3 is 20.6 Å². The van der Waals surface area contributed by atoms with Gasteiger partial charge in [0.05, 0.1) is 12.7 Å². The molecule has 5 atom stereocenters. The number of carbonyl (C=O) groups excluding carboxylic acids is 1. The number of aliphatic hydroxyl groups is 2. The van der Waals surface area contributed by atoms with Crippen molar-refractivity contribution in [3.8, 4) is 0 Å². The molecule has 21 heavy (non-hydrogen) atoms. The van der Waals surface area contributed by atoms with E-state index in [1.807, 2.05) is 19.1 Å². The predicted octanol–water partition coefficient (Wildman–Crippen LogP) is -0.758. The smallest absolute Gasteiger partial charge is 0.320 e. The third kappa shape index (κ3) is 5.11. The van der Waals surface area contributed by atoms with Crippen LogP contribution in [0.5, 0.6) is 0 Å². The molecule has 7 heteroatoms. The summed E-state index contributed by atoms with van der Waals surface area (Å²) in [5.41, 5.74) is 0. The van der Waals surface area contributed by atoms with Crippen LogP contribution in [0.15, 0.2) is 12.2 Å². The third-order valence-corrected chi connectivity index (χ3v) is 3.66. The minimum atomic E-state index is -0.959. The van der Waals surface area contributed by atoms with Gasteiger partial charge in [-0.15, -0.1) is 0 Å². The lowest BCUT2D eigenvalue weighted by Gasteiger charge is -2.29. The first-order valence-corrected chi connectivity index (χ1v) is 7.06. The Labute approximate surface area is 124 Å². The van der Waals surface area contributed by atoms with Crippen LogP contribution in [0.4, 0.5) is 0 Å². The van der Waals surface area contributed by atoms with Crippen molar-refractivity contribution >= 4 is 11.9 Å². The molecule has 1 saturated heterocycles. The summed E-state index contributed by atoms with van der Waals surface area (Å²) in [7, 11) is 0. The van der Waals surface area contributed by atoms with Crippen molar-refractivity contribution in [1.82, 2.24) is 10.6 Å². The normalized spacial score (nSPS) is 28.5. The summed E-state index contributed by atoms with van der Waals surface area (Å²) in [6.45, 7) is 2.81. The third-order valence-electron chi connectivity index (χ3n) is 3.66. The van der Waals surface area contributed by atoms with Crippen LogP contribution < -0.4 is 10.6 Å². The highest BCUT2D eigenvalue weighted by Gasteiger charge is 2.40. The Hall–Kier alpha value is -1.44. The Kier molecular flexibility index (Phi) is 6.80. The molecule has 1 rings (SSSR count). The van der Waals surface area contributed by atoms with Crippen LogP contribution in [0.2, 0.25) is 0 Å². The Morgan fingerprint density at radius 1 is 1.48 bits per heavy atom. The first-order valence-electron chi connectivity index (χ1n) is 7.06. The number of amides is 1. The number of carboxylic acid groups (broad SMARTS) is 1. The van der Waals surface area contributed by atoms with Crippen molar-refractivity contribution < 1.29 is 24.9 Å². The van der Waals surface area contributed by atoms with Crippen molar-refractivity contribution in [3.05, 3.63) is 12.2 Å². The summed E-state index contributed by atoms with van der Waals surface area (Å²) in [4.78, 5) is 22.5. The Morgan fingerprint density at radius 2 is 2.14 bits per heavy atom. The molecular formula is C14H24N2O5. The van der Waals surface area contributed by atoms with Gasteiger partial charge in [-0.05, 0) is 25.7 Å². The van der Waals surface area contributed by atoms with Gasteiger partial charge in [-0.25, -0.2) is 0 Å². The first-order chi connectivity index (χ1) is 9.88. The Balaban J connectivity index is 2.90. The van der Waals surface area contributed by atoms with E-state index in [9.17, 15) is 14.7 Å². The van der Waals surface area contributed by atoms with E-state index in [1.165, 1.54) is 6.92 Å². The molecule has 1 heterocycles. The van der Waals surface area contributed by atoms with Crippen LogP contribution in [0.1, 0.15) is 26.7 Å². The molecule has 0 aromatic rings. The number of carbonyl (C=O) groups is 2. The van der Waals surface area contributed by atoms with Gasteiger partial charge in [0.1, 0.15) is 6.04 Å². The maximum Gasteiger partial charge on any atom is 0.320 e. The van der Waals surface area contributed by atoms with Crippen molar-refractivity contribution in [1.29, 1.82) is 0 Å². The molecule has 0 aromatic carbocycles. The standard InChI is InChI=1S/C14H24N2O5/c1-3-4-9-5-12(14(20)21)16-13(9)11(15-8(2)18)6-10(19)7-17/h3-4,9-13,16-17,19H,5-7H2,1-2H3,(H,15,18)(H,20,21)/b4-3-/t9-,10+,11+,12-,13-/m1/s1. The van der Waals surface area contributed by atoms with Crippen molar-refractivity contribution in [2.75, 3.05) is 6.61 Å². The zero-order chi connectivity index (χ0) is 16.0. The molecule has 1 fully saturated rings. The van der Waals surface area contributed by atoms with E-state index in [2.05, 4.69) is 10.6 Å². The summed E-state index contributed by atoms with van der Waals surface area (Å²) in [5, 5.41) is 33.5. The molecule has 120 valence electrons. The molecule has 0 radical (unpaired) electrons.